The third-order valence-corrected chi connectivity index (χ3v) is 2.29. The van der Waals surface area contributed by atoms with Gasteiger partial charge in [0.15, 0.2) is 0 Å². The van der Waals surface area contributed by atoms with E-state index in [1.165, 1.54) is 0 Å². The second kappa shape index (κ2) is 7.55. The highest BCUT2D eigenvalue weighted by atomic mass is 35.5. The van der Waals surface area contributed by atoms with Crippen LogP contribution in [0.4, 0.5) is 0 Å². The van der Waals surface area contributed by atoms with Crippen LogP contribution in [0.5, 0.6) is 5.75 Å². The summed E-state index contributed by atoms with van der Waals surface area (Å²) in [6.45, 7) is 0.352. The van der Waals surface area contributed by atoms with Crippen molar-refractivity contribution in [2.45, 2.75) is 12.8 Å². The van der Waals surface area contributed by atoms with E-state index >= 15 is 0 Å². The van der Waals surface area contributed by atoms with Crippen molar-refractivity contribution in [2.24, 2.45) is 0 Å². The molecular formula is C12H14ClNO4. The monoisotopic (exact) mass is 271 g/mol. The summed E-state index contributed by atoms with van der Waals surface area (Å²) < 4.78 is 5.32. The maximum absolute atomic E-state index is 11.3. The molecule has 5 nitrogen and oxygen atoms in total. The van der Waals surface area contributed by atoms with E-state index in [1.807, 2.05) is 0 Å². The molecule has 0 radical (unpaired) electrons. The van der Waals surface area contributed by atoms with E-state index in [0.717, 1.165) is 0 Å². The number of nitrogens with one attached hydrogen (secondary N) is 1. The Bertz CT molecular complexity index is 422. The van der Waals surface area contributed by atoms with Crippen molar-refractivity contribution in [1.82, 2.24) is 5.32 Å². The predicted octanol–water partition coefficient (Wildman–Crippen LogP) is 1.70. The third kappa shape index (κ3) is 6.10. The molecule has 0 aromatic heterocycles. The van der Waals surface area contributed by atoms with Crippen LogP contribution in [0.2, 0.25) is 5.02 Å². The number of benzene rings is 1. The van der Waals surface area contributed by atoms with Gasteiger partial charge < -0.3 is 15.2 Å². The average molecular weight is 272 g/mol. The summed E-state index contributed by atoms with van der Waals surface area (Å²) in [5.41, 5.74) is 0. The van der Waals surface area contributed by atoms with Gasteiger partial charge in [-0.25, -0.2) is 0 Å². The zero-order valence-corrected chi connectivity index (χ0v) is 10.4. The number of aliphatic carboxylic acids is 1. The number of carbonyl (C=O) groups is 2. The molecular weight excluding hydrogens is 258 g/mol. The number of carboxylic acids is 1. The normalized spacial score (nSPS) is 9.83. The molecule has 1 aromatic carbocycles. The molecule has 6 heteroatoms. The van der Waals surface area contributed by atoms with E-state index in [1.54, 1.807) is 24.3 Å². The minimum Gasteiger partial charge on any atom is -0.493 e. The van der Waals surface area contributed by atoms with Crippen LogP contribution in [0, 0.1) is 0 Å². The van der Waals surface area contributed by atoms with Crippen molar-refractivity contribution < 1.29 is 19.4 Å². The molecule has 1 rings (SSSR count). The number of hydrogen-bond donors (Lipinski definition) is 2. The first kappa shape index (κ1) is 14.3. The Hall–Kier alpha value is -1.75. The van der Waals surface area contributed by atoms with Crippen molar-refractivity contribution in [2.75, 3.05) is 13.2 Å². The molecule has 1 amide bonds. The Morgan fingerprint density at radius 2 is 2.11 bits per heavy atom. The summed E-state index contributed by atoms with van der Waals surface area (Å²) in [6.07, 6.45) is 0.0903. The lowest BCUT2D eigenvalue weighted by atomic mass is 10.3. The van der Waals surface area contributed by atoms with E-state index in [4.69, 9.17) is 21.4 Å². The van der Waals surface area contributed by atoms with Crippen LogP contribution < -0.4 is 10.1 Å². The first-order valence-corrected chi connectivity index (χ1v) is 5.82. The second-order valence-electron chi connectivity index (χ2n) is 3.55. The molecule has 0 aliphatic heterocycles. The van der Waals surface area contributed by atoms with Crippen molar-refractivity contribution in [1.29, 1.82) is 0 Å². The lowest BCUT2D eigenvalue weighted by molar-refractivity contribution is -0.136. The Balaban J connectivity index is 2.17. The minimum atomic E-state index is -0.939. The van der Waals surface area contributed by atoms with Crippen molar-refractivity contribution in [3.05, 3.63) is 29.3 Å². The van der Waals surface area contributed by atoms with Crippen LogP contribution in [-0.2, 0) is 9.59 Å². The fraction of sp³-hybridized carbons (Fsp3) is 0.333. The van der Waals surface area contributed by atoms with Crippen LogP contribution in [0.1, 0.15) is 12.8 Å². The van der Waals surface area contributed by atoms with Gasteiger partial charge in [0.2, 0.25) is 5.91 Å². The molecule has 0 spiro atoms. The summed E-state index contributed by atoms with van der Waals surface area (Å²) in [5, 5.41) is 11.4. The minimum absolute atomic E-state index is 0.0825. The molecule has 0 saturated heterocycles. The summed E-state index contributed by atoms with van der Waals surface area (Å²) in [4.78, 5) is 21.5. The average Bonchev–Trinajstić information content (AvgIpc) is 2.28. The van der Waals surface area contributed by atoms with Gasteiger partial charge in [-0.3, -0.25) is 9.59 Å². The topological polar surface area (TPSA) is 75.6 Å². The third-order valence-electron chi connectivity index (χ3n) is 2.05. The summed E-state index contributed by atoms with van der Waals surface area (Å²) >= 11 is 5.77. The van der Waals surface area contributed by atoms with Crippen molar-refractivity contribution in [3.8, 4) is 5.75 Å². The molecule has 0 aliphatic rings. The van der Waals surface area contributed by atoms with Crippen LogP contribution >= 0.6 is 11.6 Å². The summed E-state index contributed by atoms with van der Waals surface area (Å²) in [5.74, 6) is -0.579. The number of amides is 1. The highest BCUT2D eigenvalue weighted by Gasteiger charge is 2.03. The lowest BCUT2D eigenvalue weighted by Gasteiger charge is -2.06. The maximum atomic E-state index is 11.3. The zero-order chi connectivity index (χ0) is 13.4. The first-order chi connectivity index (χ1) is 8.58. The molecule has 1 aromatic rings. The Labute approximate surface area is 110 Å². The smallest absolute Gasteiger partial charge is 0.305 e. The van der Waals surface area contributed by atoms with Crippen molar-refractivity contribution in [3.63, 3.8) is 0 Å². The molecule has 0 aliphatic carbocycles. The molecule has 98 valence electrons. The first-order valence-electron chi connectivity index (χ1n) is 5.45. The number of carbonyl (C=O) groups excluding carboxylic acids is 1. The fourth-order valence-corrected chi connectivity index (χ4v) is 1.40. The SMILES string of the molecule is O=C(O)CCNC(=O)CCOc1cccc(Cl)c1. The fourth-order valence-electron chi connectivity index (χ4n) is 1.22. The lowest BCUT2D eigenvalue weighted by Crippen LogP contribution is -2.27. The van der Waals surface area contributed by atoms with Gasteiger partial charge in [-0.15, -0.1) is 0 Å². The van der Waals surface area contributed by atoms with Crippen LogP contribution in [-0.4, -0.2) is 30.1 Å². The van der Waals surface area contributed by atoms with Gasteiger partial charge >= 0.3 is 5.97 Å². The molecule has 0 bridgehead atoms. The summed E-state index contributed by atoms with van der Waals surface area (Å²) in [6, 6.07) is 6.88. The Morgan fingerprint density at radius 3 is 2.78 bits per heavy atom. The van der Waals surface area contributed by atoms with E-state index in [2.05, 4.69) is 5.32 Å². The van der Waals surface area contributed by atoms with Crippen molar-refractivity contribution >= 4 is 23.5 Å². The van der Waals surface area contributed by atoms with Gasteiger partial charge in [0.05, 0.1) is 19.4 Å². The highest BCUT2D eigenvalue weighted by molar-refractivity contribution is 6.30. The largest absolute Gasteiger partial charge is 0.493 e. The molecule has 0 fully saturated rings. The predicted molar refractivity (Wildman–Crippen MR) is 66.8 cm³/mol. The van der Waals surface area contributed by atoms with Gasteiger partial charge in [0.25, 0.3) is 0 Å². The number of rotatable bonds is 7. The molecule has 18 heavy (non-hydrogen) atoms. The van der Waals surface area contributed by atoms with E-state index < -0.39 is 5.97 Å². The van der Waals surface area contributed by atoms with Gasteiger partial charge in [0.1, 0.15) is 5.75 Å². The van der Waals surface area contributed by atoms with E-state index in [-0.39, 0.29) is 31.9 Å². The number of ether oxygens (including phenoxy) is 1. The molecule has 2 N–H and O–H groups in total. The second-order valence-corrected chi connectivity index (χ2v) is 3.99. The van der Waals surface area contributed by atoms with E-state index in [9.17, 15) is 9.59 Å². The number of hydrogen-bond acceptors (Lipinski definition) is 3. The molecule has 0 unspecified atom stereocenters. The zero-order valence-electron chi connectivity index (χ0n) is 9.69. The Kier molecular flexibility index (Phi) is 6.00. The molecule has 0 heterocycles. The van der Waals surface area contributed by atoms with Gasteiger partial charge in [-0.1, -0.05) is 17.7 Å². The van der Waals surface area contributed by atoms with Crippen LogP contribution in [0.3, 0.4) is 0 Å². The van der Waals surface area contributed by atoms with Crippen LogP contribution in [0.25, 0.3) is 0 Å². The van der Waals surface area contributed by atoms with Gasteiger partial charge in [-0.2, -0.15) is 0 Å². The van der Waals surface area contributed by atoms with E-state index in [0.29, 0.717) is 10.8 Å². The number of carboxylic acid groups (broad SMARTS) is 1. The Morgan fingerprint density at radius 1 is 1.33 bits per heavy atom. The van der Waals surface area contributed by atoms with Crippen LogP contribution in [0.15, 0.2) is 24.3 Å². The number of halogens is 1. The highest BCUT2D eigenvalue weighted by Crippen LogP contribution is 2.16. The quantitative estimate of drug-likeness (QED) is 0.791. The standard InChI is InChI=1S/C12H14ClNO4/c13-9-2-1-3-10(8-9)18-7-5-11(15)14-6-4-12(16)17/h1-3,8H,4-7H2,(H,14,15)(H,16,17). The molecule has 0 saturated carbocycles. The maximum Gasteiger partial charge on any atom is 0.305 e. The molecule has 0 atom stereocenters. The van der Waals surface area contributed by atoms with Gasteiger partial charge in [-0.05, 0) is 18.2 Å². The summed E-state index contributed by atoms with van der Waals surface area (Å²) in [7, 11) is 0. The van der Waals surface area contributed by atoms with Gasteiger partial charge in [0, 0.05) is 11.6 Å².